The second-order valence-corrected chi connectivity index (χ2v) is 9.71. The van der Waals surface area contributed by atoms with Crippen LogP contribution in [-0.4, -0.2) is 49.7 Å². The Balaban J connectivity index is 1.19. The quantitative estimate of drug-likeness (QED) is 0.0367. The number of ether oxygens (including phenoxy) is 7. The molecule has 0 aromatic heterocycles. The van der Waals surface area contributed by atoms with E-state index in [0.717, 1.165) is 6.08 Å². The topological polar surface area (TPSA) is 167 Å². The summed E-state index contributed by atoms with van der Waals surface area (Å²) in [6.07, 6.45) is 1.09. The molecule has 0 saturated heterocycles. The molecule has 0 saturated carbocycles. The number of hydrogen-bond donors (Lipinski definition) is 0. The lowest BCUT2D eigenvalue weighted by Gasteiger charge is -2.08. The lowest BCUT2D eigenvalue weighted by Crippen LogP contribution is -2.13. The molecule has 0 fully saturated rings. The first kappa shape index (κ1) is 35.1. The van der Waals surface area contributed by atoms with Gasteiger partial charge in [0.2, 0.25) is 0 Å². The Labute approximate surface area is 279 Å². The van der Waals surface area contributed by atoms with Crippen molar-refractivity contribution in [2.45, 2.75) is 12.8 Å². The smallest absolute Gasteiger partial charge is 0.463 e. The average Bonchev–Trinajstić information content (AvgIpc) is 3.11. The Morgan fingerprint density at radius 3 is 1.22 bits per heavy atom. The summed E-state index contributed by atoms with van der Waals surface area (Å²) in [6.45, 7) is 3.81. The van der Waals surface area contributed by atoms with Gasteiger partial charge in [-0.15, -0.1) is 0 Å². The number of hydrogen-bond acceptors (Lipinski definition) is 13. The summed E-state index contributed by atoms with van der Waals surface area (Å²) in [5, 5.41) is 0. The molecular weight excluding hydrogens is 640 g/mol. The number of unbranched alkanes of at least 4 members (excludes halogenated alkanes) is 1. The maximum absolute atomic E-state index is 12.6. The van der Waals surface area contributed by atoms with Crippen molar-refractivity contribution in [1.82, 2.24) is 0 Å². The summed E-state index contributed by atoms with van der Waals surface area (Å²) in [7, 11) is 0. The van der Waals surface area contributed by atoms with Gasteiger partial charge in [0.25, 0.3) is 6.47 Å². The summed E-state index contributed by atoms with van der Waals surface area (Å²) < 4.78 is 35.6. The van der Waals surface area contributed by atoms with E-state index >= 15 is 0 Å². The molecule has 0 spiro atoms. The van der Waals surface area contributed by atoms with E-state index in [1.807, 2.05) is 0 Å². The van der Waals surface area contributed by atoms with Gasteiger partial charge in [-0.2, -0.15) is 0 Å². The highest BCUT2D eigenvalue weighted by molar-refractivity contribution is 5.93. The fraction of sp³-hybridized carbons (Fsp3) is 0.111. The standard InChI is InChI=1S/C36H28O13/c1-2-32(38)43-21-3-4-22-44-36(42)49-31-15-9-26(10-16-31)34(40)46-28-13-7-25(8-14-28)35(41)48-30-19-17-29(18-20-30)47-33(39)24-5-11-27(12-6-24)45-23-37/h2,5-20,23H,1,3-4,21-22H2. The van der Waals surface area contributed by atoms with Crippen LogP contribution in [0.15, 0.2) is 110 Å². The molecule has 0 aliphatic heterocycles. The van der Waals surface area contributed by atoms with Crippen molar-refractivity contribution < 1.29 is 61.9 Å². The van der Waals surface area contributed by atoms with Gasteiger partial charge in [-0.25, -0.2) is 24.0 Å². The van der Waals surface area contributed by atoms with Crippen LogP contribution < -0.4 is 23.7 Å². The van der Waals surface area contributed by atoms with E-state index in [4.69, 9.17) is 28.4 Å². The van der Waals surface area contributed by atoms with E-state index in [-0.39, 0.29) is 65.1 Å². The molecule has 0 aliphatic carbocycles. The zero-order chi connectivity index (χ0) is 35.0. The minimum Gasteiger partial charge on any atom is -0.463 e. The summed E-state index contributed by atoms with van der Waals surface area (Å²) >= 11 is 0. The van der Waals surface area contributed by atoms with Crippen molar-refractivity contribution in [1.29, 1.82) is 0 Å². The Bertz CT molecular complexity index is 1780. The molecule has 0 amide bonds. The van der Waals surface area contributed by atoms with E-state index in [2.05, 4.69) is 11.3 Å². The van der Waals surface area contributed by atoms with Gasteiger partial charge in [-0.05, 0) is 110 Å². The predicted octanol–water partition coefficient (Wildman–Crippen LogP) is 5.90. The van der Waals surface area contributed by atoms with Gasteiger partial charge in [0, 0.05) is 6.08 Å². The van der Waals surface area contributed by atoms with Gasteiger partial charge in [-0.1, -0.05) is 6.58 Å². The monoisotopic (exact) mass is 668 g/mol. The van der Waals surface area contributed by atoms with Gasteiger partial charge >= 0.3 is 30.0 Å². The van der Waals surface area contributed by atoms with Crippen molar-refractivity contribution >= 4 is 36.5 Å². The third-order valence-corrected chi connectivity index (χ3v) is 6.28. The van der Waals surface area contributed by atoms with E-state index in [1.54, 1.807) is 0 Å². The molecule has 250 valence electrons. The van der Waals surface area contributed by atoms with Crippen molar-refractivity contribution in [3.05, 3.63) is 126 Å². The number of carbonyl (C=O) groups is 6. The molecule has 0 radical (unpaired) electrons. The van der Waals surface area contributed by atoms with Crippen LogP contribution in [0.3, 0.4) is 0 Å². The SMILES string of the molecule is C=CC(=O)OCCCCOC(=O)Oc1ccc(C(=O)Oc2ccc(C(=O)Oc3ccc(OC(=O)c4ccc(OC=O)cc4)cc3)cc2)cc1. The Morgan fingerprint density at radius 1 is 0.490 bits per heavy atom. The molecule has 4 aromatic rings. The molecule has 0 N–H and O–H groups in total. The van der Waals surface area contributed by atoms with E-state index in [0.29, 0.717) is 12.8 Å². The van der Waals surface area contributed by atoms with Crippen LogP contribution in [0, 0.1) is 0 Å². The molecule has 0 aliphatic rings. The largest absolute Gasteiger partial charge is 0.513 e. The minimum absolute atomic E-state index is 0.0666. The maximum atomic E-state index is 12.6. The van der Waals surface area contributed by atoms with Crippen molar-refractivity contribution in [3.63, 3.8) is 0 Å². The Kier molecular flexibility index (Phi) is 12.8. The molecule has 4 rings (SSSR count). The number of carbonyl (C=O) groups excluding carboxylic acids is 6. The van der Waals surface area contributed by atoms with E-state index in [1.165, 1.54) is 97.1 Å². The normalized spacial score (nSPS) is 10.1. The van der Waals surface area contributed by atoms with Gasteiger partial charge in [0.15, 0.2) is 0 Å². The van der Waals surface area contributed by atoms with Crippen molar-refractivity contribution in [3.8, 4) is 28.7 Å². The van der Waals surface area contributed by atoms with Crippen LogP contribution in [0.4, 0.5) is 4.79 Å². The first-order chi connectivity index (χ1) is 23.7. The molecule has 0 heterocycles. The molecule has 0 unspecified atom stereocenters. The zero-order valence-corrected chi connectivity index (χ0v) is 25.7. The van der Waals surface area contributed by atoms with Crippen molar-refractivity contribution in [2.75, 3.05) is 13.2 Å². The van der Waals surface area contributed by atoms with E-state index in [9.17, 15) is 28.8 Å². The number of rotatable bonds is 15. The highest BCUT2D eigenvalue weighted by atomic mass is 16.7. The molecule has 13 nitrogen and oxygen atoms in total. The van der Waals surface area contributed by atoms with Gasteiger partial charge in [0.05, 0.1) is 29.9 Å². The second kappa shape index (κ2) is 17.8. The molecular formula is C36H28O13. The fourth-order valence-corrected chi connectivity index (χ4v) is 3.83. The first-order valence-electron chi connectivity index (χ1n) is 14.5. The zero-order valence-electron chi connectivity index (χ0n) is 25.7. The minimum atomic E-state index is -0.928. The summed E-state index contributed by atoms with van der Waals surface area (Å²) in [5.74, 6) is -1.53. The molecule has 4 aromatic carbocycles. The number of benzene rings is 4. The lowest BCUT2D eigenvalue weighted by molar-refractivity contribution is -0.137. The van der Waals surface area contributed by atoms with Crippen LogP contribution in [0.1, 0.15) is 43.9 Å². The highest BCUT2D eigenvalue weighted by Crippen LogP contribution is 2.22. The second-order valence-electron chi connectivity index (χ2n) is 9.71. The van der Waals surface area contributed by atoms with Crippen molar-refractivity contribution in [2.24, 2.45) is 0 Å². The first-order valence-corrected chi connectivity index (χ1v) is 14.5. The fourth-order valence-electron chi connectivity index (χ4n) is 3.83. The summed E-state index contributed by atoms with van der Waals surface area (Å²) in [6, 6.07) is 22.9. The highest BCUT2D eigenvalue weighted by Gasteiger charge is 2.14. The Hall–Kier alpha value is -6.76. The van der Waals surface area contributed by atoms with Crippen LogP contribution in [-0.2, 0) is 19.1 Å². The summed E-state index contributed by atoms with van der Waals surface area (Å²) in [4.78, 5) is 70.8. The molecule has 0 bridgehead atoms. The van der Waals surface area contributed by atoms with Crippen LogP contribution >= 0.6 is 0 Å². The predicted molar refractivity (Wildman–Crippen MR) is 170 cm³/mol. The third-order valence-electron chi connectivity index (χ3n) is 6.28. The molecule has 49 heavy (non-hydrogen) atoms. The van der Waals surface area contributed by atoms with Gasteiger partial charge in [0.1, 0.15) is 28.7 Å². The van der Waals surface area contributed by atoms with E-state index < -0.39 is 30.0 Å². The summed E-state index contributed by atoms with van der Waals surface area (Å²) in [5.41, 5.74) is 0.595. The van der Waals surface area contributed by atoms with Gasteiger partial charge in [-0.3, -0.25) is 4.79 Å². The van der Waals surface area contributed by atoms with Crippen LogP contribution in [0.5, 0.6) is 28.7 Å². The average molecular weight is 669 g/mol. The molecule has 0 atom stereocenters. The van der Waals surface area contributed by atoms with Crippen LogP contribution in [0.25, 0.3) is 0 Å². The number of esters is 4. The lowest BCUT2D eigenvalue weighted by atomic mass is 10.2. The third kappa shape index (κ3) is 11.2. The maximum Gasteiger partial charge on any atom is 0.513 e. The van der Waals surface area contributed by atoms with Crippen LogP contribution in [0.2, 0.25) is 0 Å². The Morgan fingerprint density at radius 2 is 0.837 bits per heavy atom. The van der Waals surface area contributed by atoms with Gasteiger partial charge < -0.3 is 33.2 Å². The molecule has 13 heteroatoms.